The van der Waals surface area contributed by atoms with Crippen LogP contribution in [0.15, 0.2) is 55.0 Å². The second-order valence-electron chi connectivity index (χ2n) is 4.23. The van der Waals surface area contributed by atoms with E-state index in [1.807, 2.05) is 0 Å². The third kappa shape index (κ3) is 2.05. The lowest BCUT2D eigenvalue weighted by atomic mass is 10.0. The molecule has 0 aliphatic heterocycles. The zero-order valence-electron chi connectivity index (χ0n) is 10.5. The van der Waals surface area contributed by atoms with Gasteiger partial charge in [0, 0.05) is 18.6 Å². The summed E-state index contributed by atoms with van der Waals surface area (Å²) in [6.07, 6.45) is 4.82. The van der Waals surface area contributed by atoms with Crippen molar-refractivity contribution in [2.75, 3.05) is 0 Å². The highest BCUT2D eigenvalue weighted by Crippen LogP contribution is 2.14. The number of aromatic nitrogens is 3. The molecule has 0 aliphatic carbocycles. The third-order valence-electron chi connectivity index (χ3n) is 2.95. The molecule has 2 N–H and O–H groups in total. The van der Waals surface area contributed by atoms with E-state index in [-0.39, 0.29) is 22.8 Å². The van der Waals surface area contributed by atoms with Crippen molar-refractivity contribution < 1.29 is 9.59 Å². The van der Waals surface area contributed by atoms with E-state index in [1.54, 1.807) is 48.8 Å². The quantitative estimate of drug-likeness (QED) is 0.710. The molecule has 0 unspecified atom stereocenters. The van der Waals surface area contributed by atoms with E-state index in [0.29, 0.717) is 11.4 Å². The second kappa shape index (κ2) is 4.97. The van der Waals surface area contributed by atoms with E-state index in [1.165, 1.54) is 6.20 Å². The lowest BCUT2D eigenvalue weighted by Gasteiger charge is -2.05. The SMILES string of the molecule is O=C(c1ccc[nH]1)c1cccnc1C(=O)c1ccc[nH]1. The van der Waals surface area contributed by atoms with Crippen LogP contribution in [0.3, 0.4) is 0 Å². The summed E-state index contributed by atoms with van der Waals surface area (Å²) in [6.45, 7) is 0. The van der Waals surface area contributed by atoms with Gasteiger partial charge >= 0.3 is 0 Å². The molecule has 3 rings (SSSR count). The van der Waals surface area contributed by atoms with Crippen molar-refractivity contribution in [3.63, 3.8) is 0 Å². The van der Waals surface area contributed by atoms with E-state index in [9.17, 15) is 9.59 Å². The second-order valence-corrected chi connectivity index (χ2v) is 4.23. The van der Waals surface area contributed by atoms with Gasteiger partial charge in [-0.2, -0.15) is 0 Å². The van der Waals surface area contributed by atoms with E-state index in [0.717, 1.165) is 0 Å². The molecule has 3 heterocycles. The molecule has 0 saturated heterocycles. The number of nitrogens with zero attached hydrogens (tertiary/aromatic N) is 1. The van der Waals surface area contributed by atoms with Crippen LogP contribution >= 0.6 is 0 Å². The fourth-order valence-corrected chi connectivity index (χ4v) is 1.99. The van der Waals surface area contributed by atoms with Crippen molar-refractivity contribution >= 4 is 11.6 Å². The van der Waals surface area contributed by atoms with Gasteiger partial charge in [-0.05, 0) is 36.4 Å². The molecular weight excluding hydrogens is 254 g/mol. The molecule has 0 spiro atoms. The first kappa shape index (κ1) is 12.1. The van der Waals surface area contributed by atoms with E-state index in [2.05, 4.69) is 15.0 Å². The molecule has 98 valence electrons. The Balaban J connectivity index is 2.05. The Kier molecular flexibility index (Phi) is 3.01. The monoisotopic (exact) mass is 265 g/mol. The lowest BCUT2D eigenvalue weighted by molar-refractivity contribution is 0.0995. The molecule has 20 heavy (non-hydrogen) atoms. The smallest absolute Gasteiger partial charge is 0.228 e. The van der Waals surface area contributed by atoms with E-state index < -0.39 is 0 Å². The third-order valence-corrected chi connectivity index (χ3v) is 2.95. The highest BCUT2D eigenvalue weighted by molar-refractivity contribution is 6.17. The number of pyridine rings is 1. The first-order chi connectivity index (χ1) is 9.77. The van der Waals surface area contributed by atoms with Gasteiger partial charge in [-0.25, -0.2) is 0 Å². The standard InChI is InChI=1S/C15H11N3O2/c19-14(11-5-2-7-16-11)10-4-1-9-18-13(10)15(20)12-6-3-8-17-12/h1-9,16-17H. The Bertz CT molecular complexity index is 678. The number of ketones is 2. The van der Waals surface area contributed by atoms with Crippen LogP contribution in [0.2, 0.25) is 0 Å². The zero-order chi connectivity index (χ0) is 13.9. The Morgan fingerprint density at radius 3 is 2.10 bits per heavy atom. The van der Waals surface area contributed by atoms with Crippen LogP contribution in [0.25, 0.3) is 0 Å². The molecule has 0 bridgehead atoms. The summed E-state index contributed by atoms with van der Waals surface area (Å²) in [4.78, 5) is 34.4. The van der Waals surface area contributed by atoms with Gasteiger partial charge in [0.25, 0.3) is 0 Å². The highest BCUT2D eigenvalue weighted by Gasteiger charge is 2.21. The normalized spacial score (nSPS) is 10.4. The molecule has 3 aromatic rings. The average molecular weight is 265 g/mol. The molecule has 0 aromatic carbocycles. The highest BCUT2D eigenvalue weighted by atomic mass is 16.1. The summed E-state index contributed by atoms with van der Waals surface area (Å²) in [6, 6.07) is 10.0. The molecule has 5 heteroatoms. The molecule has 0 fully saturated rings. The van der Waals surface area contributed by atoms with Crippen molar-refractivity contribution in [3.8, 4) is 0 Å². The Labute approximate surface area is 114 Å². The van der Waals surface area contributed by atoms with Gasteiger partial charge in [-0.3, -0.25) is 14.6 Å². The largest absolute Gasteiger partial charge is 0.359 e. The number of hydrogen-bond donors (Lipinski definition) is 2. The number of hydrogen-bond acceptors (Lipinski definition) is 3. The molecule has 0 saturated carbocycles. The fourth-order valence-electron chi connectivity index (χ4n) is 1.99. The number of carbonyl (C=O) groups is 2. The van der Waals surface area contributed by atoms with Crippen LogP contribution in [0.1, 0.15) is 32.2 Å². The minimum absolute atomic E-state index is 0.148. The summed E-state index contributed by atoms with van der Waals surface area (Å²) < 4.78 is 0. The zero-order valence-corrected chi connectivity index (χ0v) is 10.5. The molecule has 5 nitrogen and oxygen atoms in total. The van der Waals surface area contributed by atoms with E-state index >= 15 is 0 Å². The summed E-state index contributed by atoms with van der Waals surface area (Å²) in [7, 11) is 0. The number of aromatic amines is 2. The van der Waals surface area contributed by atoms with Crippen molar-refractivity contribution in [1.29, 1.82) is 0 Å². The average Bonchev–Trinajstić information content (AvgIpc) is 3.18. The molecule has 3 aromatic heterocycles. The Hall–Kier alpha value is -2.95. The molecule has 0 amide bonds. The van der Waals surface area contributed by atoms with Gasteiger partial charge in [0.2, 0.25) is 11.6 Å². The molecule has 0 radical (unpaired) electrons. The van der Waals surface area contributed by atoms with Crippen molar-refractivity contribution in [3.05, 3.63) is 77.6 Å². The van der Waals surface area contributed by atoms with Crippen molar-refractivity contribution in [2.45, 2.75) is 0 Å². The van der Waals surface area contributed by atoms with Gasteiger partial charge in [0.1, 0.15) is 5.69 Å². The number of carbonyl (C=O) groups excluding carboxylic acids is 2. The summed E-state index contributed by atoms with van der Waals surface area (Å²) in [5.74, 6) is -0.552. The van der Waals surface area contributed by atoms with Crippen LogP contribution in [0.4, 0.5) is 0 Å². The van der Waals surface area contributed by atoms with Crippen LogP contribution in [-0.4, -0.2) is 26.5 Å². The first-order valence-corrected chi connectivity index (χ1v) is 6.08. The fraction of sp³-hybridized carbons (Fsp3) is 0. The maximum absolute atomic E-state index is 12.4. The minimum atomic E-state index is -0.300. The van der Waals surface area contributed by atoms with Gasteiger partial charge < -0.3 is 9.97 Å². The predicted molar refractivity (Wildman–Crippen MR) is 72.7 cm³/mol. The minimum Gasteiger partial charge on any atom is -0.359 e. The maximum atomic E-state index is 12.4. The summed E-state index contributed by atoms with van der Waals surface area (Å²) in [5.41, 5.74) is 1.27. The van der Waals surface area contributed by atoms with Crippen molar-refractivity contribution in [1.82, 2.24) is 15.0 Å². The summed E-state index contributed by atoms with van der Waals surface area (Å²) >= 11 is 0. The van der Waals surface area contributed by atoms with Crippen molar-refractivity contribution in [2.24, 2.45) is 0 Å². The molecule has 0 aliphatic rings. The molecule has 0 atom stereocenters. The number of nitrogens with one attached hydrogen (secondary N) is 2. The Morgan fingerprint density at radius 2 is 1.50 bits per heavy atom. The molecular formula is C15H11N3O2. The summed E-state index contributed by atoms with van der Waals surface area (Å²) in [5, 5.41) is 0. The van der Waals surface area contributed by atoms with Gasteiger partial charge in [0.05, 0.1) is 17.0 Å². The van der Waals surface area contributed by atoms with Gasteiger partial charge in [0.15, 0.2) is 0 Å². The number of rotatable bonds is 4. The maximum Gasteiger partial charge on any atom is 0.228 e. The Morgan fingerprint density at radius 1 is 0.850 bits per heavy atom. The number of H-pyrrole nitrogens is 2. The van der Waals surface area contributed by atoms with Crippen LogP contribution in [0.5, 0.6) is 0 Å². The van der Waals surface area contributed by atoms with Gasteiger partial charge in [-0.15, -0.1) is 0 Å². The van der Waals surface area contributed by atoms with Gasteiger partial charge in [-0.1, -0.05) is 0 Å². The van der Waals surface area contributed by atoms with Crippen LogP contribution in [0, 0.1) is 0 Å². The topological polar surface area (TPSA) is 78.6 Å². The first-order valence-electron chi connectivity index (χ1n) is 6.08. The van der Waals surface area contributed by atoms with Crippen LogP contribution < -0.4 is 0 Å². The predicted octanol–water partition coefficient (Wildman–Crippen LogP) is 2.20. The van der Waals surface area contributed by atoms with Crippen LogP contribution in [-0.2, 0) is 0 Å². The lowest BCUT2D eigenvalue weighted by Crippen LogP contribution is -2.13. The van der Waals surface area contributed by atoms with E-state index in [4.69, 9.17) is 0 Å².